The van der Waals surface area contributed by atoms with E-state index in [1.54, 1.807) is 4.57 Å². The molecule has 204 valence electrons. The van der Waals surface area contributed by atoms with E-state index in [1.165, 1.54) is 31.3 Å². The molecule has 0 spiro atoms. The van der Waals surface area contributed by atoms with Crippen LogP contribution in [0.15, 0.2) is 41.2 Å². The van der Waals surface area contributed by atoms with Crippen LogP contribution in [0.1, 0.15) is 82.8 Å². The Bertz CT molecular complexity index is 1300. The topological polar surface area (TPSA) is 75.4 Å². The maximum absolute atomic E-state index is 13.5. The summed E-state index contributed by atoms with van der Waals surface area (Å²) in [6, 6.07) is 8.28. The van der Waals surface area contributed by atoms with Gasteiger partial charge in [-0.05, 0) is 92.1 Å². The first-order valence-corrected chi connectivity index (χ1v) is 14.8. The first-order chi connectivity index (χ1) is 18.1. The zero-order valence-corrected chi connectivity index (χ0v) is 23.3. The van der Waals surface area contributed by atoms with Crippen LogP contribution in [0.25, 0.3) is 11.0 Å². The zero-order valence-electron chi connectivity index (χ0n) is 23.3. The minimum absolute atomic E-state index is 0.0200. The van der Waals surface area contributed by atoms with Gasteiger partial charge in [0, 0.05) is 24.7 Å². The predicted octanol–water partition coefficient (Wildman–Crippen LogP) is 6.02. The van der Waals surface area contributed by atoms with E-state index >= 15 is 0 Å². The first-order valence-electron chi connectivity index (χ1n) is 14.8. The van der Waals surface area contributed by atoms with E-state index in [9.17, 15) is 14.7 Å². The van der Waals surface area contributed by atoms with Gasteiger partial charge in [-0.1, -0.05) is 52.0 Å². The van der Waals surface area contributed by atoms with Crippen LogP contribution < -0.4 is 5.56 Å². The normalized spacial score (nSPS) is 39.3. The van der Waals surface area contributed by atoms with Gasteiger partial charge < -0.3 is 9.67 Å². The number of aromatic carboxylic acids is 1. The Morgan fingerprint density at radius 2 is 1.66 bits per heavy atom. The molecule has 1 aromatic heterocycles. The van der Waals surface area contributed by atoms with Crippen molar-refractivity contribution in [2.75, 3.05) is 6.54 Å². The van der Waals surface area contributed by atoms with E-state index in [4.69, 9.17) is 0 Å². The number of nitrogens with zero attached hydrogens (tertiary/aromatic N) is 3. The largest absolute Gasteiger partial charge is 0.476 e. The molecular formula is C32H43N3O3. The summed E-state index contributed by atoms with van der Waals surface area (Å²) < 4.78 is 1.78. The Kier molecular flexibility index (Phi) is 6.53. The van der Waals surface area contributed by atoms with Gasteiger partial charge >= 0.3 is 5.97 Å². The highest BCUT2D eigenvalue weighted by Gasteiger charge is 2.48. The summed E-state index contributed by atoms with van der Waals surface area (Å²) in [6.45, 7) is 15.3. The van der Waals surface area contributed by atoms with E-state index in [2.05, 4.69) is 44.2 Å². The van der Waals surface area contributed by atoms with Gasteiger partial charge in [0.2, 0.25) is 5.69 Å². The fourth-order valence-corrected chi connectivity index (χ4v) is 8.96. The van der Waals surface area contributed by atoms with E-state index in [1.807, 2.05) is 24.3 Å². The van der Waals surface area contributed by atoms with Crippen LogP contribution in [0, 0.1) is 41.4 Å². The minimum atomic E-state index is -1.25. The van der Waals surface area contributed by atoms with Gasteiger partial charge in [0.1, 0.15) is 0 Å². The van der Waals surface area contributed by atoms with E-state index < -0.39 is 11.5 Å². The van der Waals surface area contributed by atoms with Gasteiger partial charge in [0.05, 0.1) is 11.0 Å². The number of allylic oxidation sites excluding steroid dienone is 1. The van der Waals surface area contributed by atoms with Gasteiger partial charge in [-0.25, -0.2) is 9.78 Å². The van der Waals surface area contributed by atoms with Crippen molar-refractivity contribution in [3.63, 3.8) is 0 Å². The number of carboxylic acids is 1. The molecule has 2 aromatic rings. The molecule has 3 saturated carbocycles. The van der Waals surface area contributed by atoms with Crippen molar-refractivity contribution in [2.45, 2.75) is 84.3 Å². The molecular weight excluding hydrogens is 474 g/mol. The standard InChI is InChI=1S/C32H43N3O3/c1-17-11-22(12-23-13-25(20(17)4)21(23)5)16-34-28-14-24(15-29(34)19(3)10-18(28)2)35-27-9-7-6-8-26(27)33-30(31(35)36)32(37)38/h6-9,17-20,22-25,28-29H,5,10-16H2,1-4H3,(H,37,38)/t17-,18-,19+,20-,22+,23+,24+,25+,28+,29-/m0/s1. The van der Waals surface area contributed by atoms with Crippen molar-refractivity contribution in [3.8, 4) is 0 Å². The fourth-order valence-electron chi connectivity index (χ4n) is 8.96. The number of benzene rings is 1. The maximum atomic E-state index is 13.5. The van der Waals surface area contributed by atoms with Crippen LogP contribution in [0.3, 0.4) is 0 Å². The van der Waals surface area contributed by atoms with E-state index in [0.717, 1.165) is 36.7 Å². The summed E-state index contributed by atoms with van der Waals surface area (Å²) in [6.07, 6.45) is 6.87. The molecule has 3 heterocycles. The van der Waals surface area contributed by atoms with Gasteiger partial charge in [-0.15, -0.1) is 0 Å². The van der Waals surface area contributed by atoms with Crippen molar-refractivity contribution in [2.24, 2.45) is 41.4 Å². The number of carboxylic acid groups (broad SMARTS) is 1. The van der Waals surface area contributed by atoms with Crippen LogP contribution in [-0.2, 0) is 0 Å². The summed E-state index contributed by atoms with van der Waals surface area (Å²) in [5, 5.41) is 9.75. The number of piperidine rings is 2. The molecule has 2 saturated heterocycles. The molecule has 5 fully saturated rings. The van der Waals surface area contributed by atoms with E-state index in [-0.39, 0.29) is 11.7 Å². The maximum Gasteiger partial charge on any atom is 0.360 e. The van der Waals surface area contributed by atoms with E-state index in [0.29, 0.717) is 47.2 Å². The third-order valence-electron chi connectivity index (χ3n) is 11.2. The van der Waals surface area contributed by atoms with Crippen molar-refractivity contribution in [1.29, 1.82) is 0 Å². The molecule has 38 heavy (non-hydrogen) atoms. The molecule has 5 aliphatic rings. The Morgan fingerprint density at radius 1 is 0.974 bits per heavy atom. The fraction of sp³-hybridized carbons (Fsp3) is 0.656. The van der Waals surface area contributed by atoms with Gasteiger partial charge in [0.25, 0.3) is 5.56 Å². The average molecular weight is 518 g/mol. The second-order valence-electron chi connectivity index (χ2n) is 13.4. The molecule has 7 rings (SSSR count). The first kappa shape index (κ1) is 25.8. The van der Waals surface area contributed by atoms with Crippen LogP contribution in [0.4, 0.5) is 0 Å². The number of para-hydroxylation sites is 2. The summed E-state index contributed by atoms with van der Waals surface area (Å²) >= 11 is 0. The molecule has 2 aliphatic heterocycles. The monoisotopic (exact) mass is 517 g/mol. The Morgan fingerprint density at radius 3 is 2.32 bits per heavy atom. The quantitative estimate of drug-likeness (QED) is 0.502. The smallest absolute Gasteiger partial charge is 0.360 e. The zero-order chi connectivity index (χ0) is 26.9. The molecule has 0 unspecified atom stereocenters. The van der Waals surface area contributed by atoms with Crippen LogP contribution in [0.2, 0.25) is 0 Å². The molecule has 3 aliphatic carbocycles. The Hall–Kier alpha value is -2.47. The Balaban J connectivity index is 1.32. The molecule has 6 heteroatoms. The number of aromatic nitrogens is 2. The second kappa shape index (κ2) is 9.62. The predicted molar refractivity (Wildman–Crippen MR) is 150 cm³/mol. The van der Waals surface area contributed by atoms with Gasteiger partial charge in [-0.3, -0.25) is 9.69 Å². The van der Waals surface area contributed by atoms with Crippen molar-refractivity contribution in [3.05, 3.63) is 52.5 Å². The molecule has 0 amide bonds. The lowest BCUT2D eigenvalue weighted by Gasteiger charge is -2.56. The minimum Gasteiger partial charge on any atom is -0.476 e. The molecule has 1 N–H and O–H groups in total. The average Bonchev–Trinajstić information content (AvgIpc) is 2.87. The molecule has 6 nitrogen and oxygen atoms in total. The van der Waals surface area contributed by atoms with Crippen LogP contribution in [-0.4, -0.2) is 44.2 Å². The SMILES string of the molecule is C=C1[C@@H]2C[C@H](CN3[C@@H]4C[C@@H](n5c(=O)c(C(=O)O)nc6ccccc65)C[C@H]3[C@H](C)C[C@@H]4C)C[C@H](C)[C@H](C)[C@H]1C2. The summed E-state index contributed by atoms with van der Waals surface area (Å²) in [7, 11) is 0. The third-order valence-corrected chi connectivity index (χ3v) is 11.2. The number of hydrogen-bond acceptors (Lipinski definition) is 4. The molecule has 10 atom stereocenters. The lowest BCUT2D eigenvalue weighted by atomic mass is 9.57. The summed E-state index contributed by atoms with van der Waals surface area (Å²) in [4.78, 5) is 32.5. The summed E-state index contributed by atoms with van der Waals surface area (Å²) in [5.74, 6) is 3.38. The lowest BCUT2D eigenvalue weighted by molar-refractivity contribution is -0.0581. The van der Waals surface area contributed by atoms with Gasteiger partial charge in [0.15, 0.2) is 0 Å². The van der Waals surface area contributed by atoms with Crippen molar-refractivity contribution in [1.82, 2.24) is 14.5 Å². The highest BCUT2D eigenvalue weighted by atomic mass is 16.4. The number of fused-ring (bicyclic) bond motifs is 7. The Labute approximate surface area is 226 Å². The molecule has 1 aromatic carbocycles. The highest BCUT2D eigenvalue weighted by molar-refractivity contribution is 5.88. The third kappa shape index (κ3) is 4.14. The van der Waals surface area contributed by atoms with Crippen LogP contribution in [0.5, 0.6) is 0 Å². The van der Waals surface area contributed by atoms with Crippen molar-refractivity contribution < 1.29 is 9.90 Å². The second-order valence-corrected chi connectivity index (χ2v) is 13.4. The van der Waals surface area contributed by atoms with Gasteiger partial charge in [-0.2, -0.15) is 0 Å². The molecule has 4 bridgehead atoms. The summed E-state index contributed by atoms with van der Waals surface area (Å²) in [5.41, 5.74) is 2.01. The van der Waals surface area contributed by atoms with Crippen LogP contribution >= 0.6 is 0 Å². The molecule has 0 radical (unpaired) electrons. The number of rotatable bonds is 4. The number of carbonyl (C=O) groups is 1. The lowest BCUT2D eigenvalue weighted by Crippen LogP contribution is -2.60. The van der Waals surface area contributed by atoms with Crippen molar-refractivity contribution >= 4 is 17.0 Å². The highest BCUT2D eigenvalue weighted by Crippen LogP contribution is 2.53. The number of hydrogen-bond donors (Lipinski definition) is 1.